The highest BCUT2D eigenvalue weighted by Gasteiger charge is 2.13. The Balaban J connectivity index is 2.84. The molecule has 14 heavy (non-hydrogen) atoms. The van der Waals surface area contributed by atoms with E-state index < -0.39 is 0 Å². The molecule has 0 unspecified atom stereocenters. The number of amides is 1. The van der Waals surface area contributed by atoms with Crippen molar-refractivity contribution in [1.82, 2.24) is 4.90 Å². The largest absolute Gasteiger partial charge is 0.341 e. The number of carbonyl (C=O) groups is 1. The maximum absolute atomic E-state index is 11.8. The monoisotopic (exact) mass is 275 g/mol. The molecule has 0 aromatic heterocycles. The second kappa shape index (κ2) is 5.37. The lowest BCUT2D eigenvalue weighted by Crippen LogP contribution is -2.28. The van der Waals surface area contributed by atoms with Crippen LogP contribution in [0.25, 0.3) is 0 Å². The first-order valence-corrected chi connectivity index (χ1v) is 5.72. The fourth-order valence-electron chi connectivity index (χ4n) is 1.07. The Morgan fingerprint density at radius 3 is 2.71 bits per heavy atom. The number of benzene rings is 1. The van der Waals surface area contributed by atoms with E-state index in [2.05, 4.69) is 15.9 Å². The first kappa shape index (κ1) is 11.5. The van der Waals surface area contributed by atoms with Crippen molar-refractivity contribution >= 4 is 33.4 Å². The lowest BCUT2D eigenvalue weighted by Gasteiger charge is -2.16. The summed E-state index contributed by atoms with van der Waals surface area (Å²) in [6, 6.07) is 7.07. The Labute approximate surface area is 97.0 Å². The number of rotatable bonds is 3. The van der Waals surface area contributed by atoms with Crippen molar-refractivity contribution in [3.63, 3.8) is 0 Å². The average molecular weight is 277 g/mol. The molecule has 0 heterocycles. The molecule has 0 N–H and O–H groups in total. The second-order valence-electron chi connectivity index (χ2n) is 2.90. The summed E-state index contributed by atoms with van der Waals surface area (Å²) in [5, 5.41) is 1.26. The normalized spacial score (nSPS) is 9.93. The zero-order valence-electron chi connectivity index (χ0n) is 7.84. The Morgan fingerprint density at radius 2 is 2.14 bits per heavy atom. The van der Waals surface area contributed by atoms with Gasteiger partial charge in [-0.15, -0.1) is 0 Å². The summed E-state index contributed by atoms with van der Waals surface area (Å²) in [5.41, 5.74) is 0.553. The summed E-state index contributed by atoms with van der Waals surface area (Å²) >= 11 is 9.19. The van der Waals surface area contributed by atoms with Crippen molar-refractivity contribution in [2.24, 2.45) is 0 Å². The summed E-state index contributed by atoms with van der Waals surface area (Å²) < 4.78 is 0. The van der Waals surface area contributed by atoms with Crippen LogP contribution in [0.1, 0.15) is 10.4 Å². The second-order valence-corrected chi connectivity index (χ2v) is 4.10. The van der Waals surface area contributed by atoms with Crippen molar-refractivity contribution in [2.75, 3.05) is 18.9 Å². The Morgan fingerprint density at radius 1 is 1.50 bits per heavy atom. The van der Waals surface area contributed by atoms with E-state index in [4.69, 9.17) is 11.6 Å². The highest BCUT2D eigenvalue weighted by molar-refractivity contribution is 9.09. The summed E-state index contributed by atoms with van der Waals surface area (Å²) in [6.45, 7) is 0.671. The quantitative estimate of drug-likeness (QED) is 0.778. The molecule has 0 radical (unpaired) electrons. The maximum Gasteiger partial charge on any atom is 0.255 e. The van der Waals surface area contributed by atoms with Crippen LogP contribution in [0.5, 0.6) is 0 Å². The van der Waals surface area contributed by atoms with Crippen LogP contribution in [-0.4, -0.2) is 29.7 Å². The molecule has 0 spiro atoms. The molecule has 1 amide bonds. The van der Waals surface area contributed by atoms with E-state index in [1.807, 2.05) is 6.07 Å². The van der Waals surface area contributed by atoms with Gasteiger partial charge in [0.05, 0.1) is 10.6 Å². The number of hydrogen-bond acceptors (Lipinski definition) is 1. The minimum absolute atomic E-state index is 0.0462. The van der Waals surface area contributed by atoms with Gasteiger partial charge in [0.25, 0.3) is 5.91 Å². The molecule has 0 aliphatic carbocycles. The number of nitrogens with zero attached hydrogens (tertiary/aromatic N) is 1. The Bertz CT molecular complexity index is 330. The van der Waals surface area contributed by atoms with Gasteiger partial charge in [-0.05, 0) is 12.1 Å². The van der Waals surface area contributed by atoms with Crippen molar-refractivity contribution < 1.29 is 4.79 Å². The molecule has 4 heteroatoms. The number of alkyl halides is 1. The van der Waals surface area contributed by atoms with E-state index in [9.17, 15) is 4.79 Å². The summed E-state index contributed by atoms with van der Waals surface area (Å²) in [6.07, 6.45) is 0. The molecule has 0 saturated heterocycles. The number of halogens is 2. The fourth-order valence-corrected chi connectivity index (χ4v) is 1.82. The van der Waals surface area contributed by atoms with Gasteiger partial charge in [0.1, 0.15) is 0 Å². The molecular formula is C10H11BrClNO. The molecule has 0 aliphatic heterocycles. The van der Waals surface area contributed by atoms with Crippen molar-refractivity contribution in [3.05, 3.63) is 34.9 Å². The molecule has 2 nitrogen and oxygen atoms in total. The average Bonchev–Trinajstić information content (AvgIpc) is 2.18. The van der Waals surface area contributed by atoms with Crippen LogP contribution < -0.4 is 0 Å². The van der Waals surface area contributed by atoms with Crippen LogP contribution in [0.2, 0.25) is 5.02 Å². The minimum atomic E-state index is -0.0462. The third kappa shape index (κ3) is 2.72. The molecule has 0 saturated carbocycles. The van der Waals surface area contributed by atoms with Crippen LogP contribution in [0.15, 0.2) is 24.3 Å². The Kier molecular flexibility index (Phi) is 4.42. The zero-order chi connectivity index (χ0) is 10.6. The molecule has 76 valence electrons. The van der Waals surface area contributed by atoms with Gasteiger partial charge >= 0.3 is 0 Å². The van der Waals surface area contributed by atoms with Gasteiger partial charge in [0.2, 0.25) is 0 Å². The highest BCUT2D eigenvalue weighted by atomic mass is 79.9. The summed E-state index contributed by atoms with van der Waals surface area (Å²) in [7, 11) is 1.76. The third-order valence-corrected chi connectivity index (χ3v) is 2.56. The molecule has 0 aliphatic rings. The van der Waals surface area contributed by atoms with Crippen molar-refractivity contribution in [2.45, 2.75) is 0 Å². The van der Waals surface area contributed by atoms with Gasteiger partial charge in [-0.25, -0.2) is 0 Å². The van der Waals surface area contributed by atoms with Crippen molar-refractivity contribution in [1.29, 1.82) is 0 Å². The molecule has 1 aromatic carbocycles. The maximum atomic E-state index is 11.8. The fraction of sp³-hybridized carbons (Fsp3) is 0.300. The van der Waals surface area contributed by atoms with Gasteiger partial charge in [0.15, 0.2) is 0 Å². The molecule has 0 atom stereocenters. The van der Waals surface area contributed by atoms with E-state index in [0.717, 1.165) is 5.33 Å². The third-order valence-electron chi connectivity index (χ3n) is 1.87. The first-order chi connectivity index (χ1) is 6.66. The van der Waals surface area contributed by atoms with Crippen LogP contribution in [0.3, 0.4) is 0 Å². The van der Waals surface area contributed by atoms with Crippen molar-refractivity contribution in [3.8, 4) is 0 Å². The minimum Gasteiger partial charge on any atom is -0.341 e. The van der Waals surface area contributed by atoms with Crippen LogP contribution >= 0.6 is 27.5 Å². The number of hydrogen-bond donors (Lipinski definition) is 0. The van der Waals surface area contributed by atoms with Gasteiger partial charge < -0.3 is 4.90 Å². The smallest absolute Gasteiger partial charge is 0.255 e. The van der Waals surface area contributed by atoms with Gasteiger partial charge in [0, 0.05) is 18.9 Å². The lowest BCUT2D eigenvalue weighted by atomic mass is 10.2. The van der Waals surface area contributed by atoms with E-state index in [-0.39, 0.29) is 5.91 Å². The first-order valence-electron chi connectivity index (χ1n) is 4.22. The molecule has 0 bridgehead atoms. The van der Waals surface area contributed by atoms with E-state index in [1.165, 1.54) is 0 Å². The van der Waals surface area contributed by atoms with E-state index in [1.54, 1.807) is 30.1 Å². The molecular weight excluding hydrogens is 265 g/mol. The molecule has 1 aromatic rings. The number of carbonyl (C=O) groups excluding carboxylic acids is 1. The summed E-state index contributed by atoms with van der Waals surface area (Å²) in [4.78, 5) is 13.4. The predicted octanol–water partition coefficient (Wildman–Crippen LogP) is 2.81. The van der Waals surface area contributed by atoms with Crippen LogP contribution in [0, 0.1) is 0 Å². The predicted molar refractivity (Wildman–Crippen MR) is 62.2 cm³/mol. The van der Waals surface area contributed by atoms with Gasteiger partial charge in [-0.3, -0.25) is 4.79 Å². The standard InChI is InChI=1S/C10H11BrClNO/c1-13(7-6-11)10(14)8-4-2-3-5-9(8)12/h2-5H,6-7H2,1H3. The summed E-state index contributed by atoms with van der Waals surface area (Å²) in [5.74, 6) is -0.0462. The zero-order valence-corrected chi connectivity index (χ0v) is 10.2. The lowest BCUT2D eigenvalue weighted by molar-refractivity contribution is 0.0804. The Hall–Kier alpha value is -0.540. The van der Waals surface area contributed by atoms with E-state index >= 15 is 0 Å². The molecule has 1 rings (SSSR count). The van der Waals surface area contributed by atoms with Gasteiger partial charge in [-0.2, -0.15) is 0 Å². The SMILES string of the molecule is CN(CCBr)C(=O)c1ccccc1Cl. The highest BCUT2D eigenvalue weighted by Crippen LogP contribution is 2.16. The van der Waals surface area contributed by atoms with E-state index in [0.29, 0.717) is 17.1 Å². The van der Waals surface area contributed by atoms with Crippen LogP contribution in [-0.2, 0) is 0 Å². The molecule has 0 fully saturated rings. The van der Waals surface area contributed by atoms with Crippen LogP contribution in [0.4, 0.5) is 0 Å². The van der Waals surface area contributed by atoms with Gasteiger partial charge in [-0.1, -0.05) is 39.7 Å². The topological polar surface area (TPSA) is 20.3 Å².